The number of carboxylic acids is 1. The monoisotopic (exact) mass is 510 g/mol. The highest BCUT2D eigenvalue weighted by Crippen LogP contribution is 2.48. The zero-order chi connectivity index (χ0) is 26.2. The fourth-order valence-corrected chi connectivity index (χ4v) is 4.61. The highest BCUT2D eigenvalue weighted by molar-refractivity contribution is 5.99. The van der Waals surface area contributed by atoms with Gasteiger partial charge in [0.1, 0.15) is 0 Å². The van der Waals surface area contributed by atoms with Gasteiger partial charge >= 0.3 is 12.1 Å². The van der Waals surface area contributed by atoms with Crippen molar-refractivity contribution in [3.63, 3.8) is 0 Å². The van der Waals surface area contributed by atoms with Crippen LogP contribution >= 0.6 is 0 Å². The van der Waals surface area contributed by atoms with E-state index in [9.17, 15) is 22.4 Å². The van der Waals surface area contributed by atoms with Gasteiger partial charge in [0, 0.05) is 29.6 Å². The third-order valence-electron chi connectivity index (χ3n) is 6.57. The van der Waals surface area contributed by atoms with E-state index in [0.29, 0.717) is 52.1 Å². The minimum Gasteiger partial charge on any atom is -0.478 e. The summed E-state index contributed by atoms with van der Waals surface area (Å²) in [5.41, 5.74) is 7.48. The van der Waals surface area contributed by atoms with Crippen LogP contribution in [0.15, 0.2) is 60.9 Å². The quantitative estimate of drug-likeness (QED) is 0.206. The van der Waals surface area contributed by atoms with E-state index in [2.05, 4.69) is 20.8 Å². The molecule has 1 saturated carbocycles. The number of aromatic nitrogens is 2. The molecular formula is C27H22F4N4O2. The van der Waals surface area contributed by atoms with E-state index >= 15 is 0 Å². The van der Waals surface area contributed by atoms with Crippen LogP contribution in [0.25, 0.3) is 17.2 Å². The van der Waals surface area contributed by atoms with Crippen molar-refractivity contribution in [2.24, 2.45) is 5.92 Å². The first-order valence-corrected chi connectivity index (χ1v) is 11.7. The maximum absolute atomic E-state index is 14.5. The third kappa shape index (κ3) is 4.97. The fourth-order valence-electron chi connectivity index (χ4n) is 4.61. The van der Waals surface area contributed by atoms with Crippen LogP contribution in [0.5, 0.6) is 0 Å². The molecule has 0 amide bonds. The number of hydrogen-bond acceptors (Lipinski definition) is 5. The van der Waals surface area contributed by atoms with Crippen LogP contribution in [0.4, 0.5) is 23.2 Å². The van der Waals surface area contributed by atoms with Crippen molar-refractivity contribution >= 4 is 28.9 Å². The first kappa shape index (κ1) is 24.6. The molecule has 3 N–H and O–H groups in total. The molecule has 10 heteroatoms. The minimum absolute atomic E-state index is 0.155. The average molecular weight is 510 g/mol. The highest BCUT2D eigenvalue weighted by Gasteiger charge is 2.38. The van der Waals surface area contributed by atoms with Gasteiger partial charge in [-0.25, -0.2) is 14.6 Å². The molecule has 1 aliphatic carbocycles. The summed E-state index contributed by atoms with van der Waals surface area (Å²) in [4.78, 5) is 19.4. The van der Waals surface area contributed by atoms with Crippen LogP contribution < -0.4 is 10.9 Å². The average Bonchev–Trinajstić information content (AvgIpc) is 3.21. The third-order valence-corrected chi connectivity index (χ3v) is 6.57. The molecule has 0 bridgehead atoms. The molecule has 2 aromatic heterocycles. The minimum atomic E-state index is -4.62. The van der Waals surface area contributed by atoms with E-state index in [-0.39, 0.29) is 11.6 Å². The Hall–Kier alpha value is -4.05. The van der Waals surface area contributed by atoms with Gasteiger partial charge in [0.05, 0.1) is 22.6 Å². The number of hydrazine groups is 1. The molecule has 190 valence electrons. The summed E-state index contributed by atoms with van der Waals surface area (Å²) in [6.45, 7) is 0. The van der Waals surface area contributed by atoms with E-state index in [1.54, 1.807) is 30.3 Å². The maximum atomic E-state index is 14.5. The number of pyridine rings is 2. The highest BCUT2D eigenvalue weighted by atomic mass is 19.4. The van der Waals surface area contributed by atoms with Crippen molar-refractivity contribution in [1.82, 2.24) is 15.4 Å². The van der Waals surface area contributed by atoms with E-state index in [4.69, 9.17) is 5.11 Å². The number of halogens is 4. The molecule has 6 nitrogen and oxygen atoms in total. The summed E-state index contributed by atoms with van der Waals surface area (Å²) in [5, 5.41) is 8.89. The molecule has 2 aliphatic rings. The Balaban J connectivity index is 1.77. The topological polar surface area (TPSA) is 87.1 Å². The van der Waals surface area contributed by atoms with E-state index < -0.39 is 24.0 Å². The lowest BCUT2D eigenvalue weighted by atomic mass is 9.73. The number of benzene rings is 1. The number of hydrogen-bond donors (Lipinski definition) is 3. The Morgan fingerprint density at radius 2 is 1.86 bits per heavy atom. The van der Waals surface area contributed by atoms with E-state index in [1.807, 2.05) is 0 Å². The van der Waals surface area contributed by atoms with Crippen molar-refractivity contribution in [1.29, 1.82) is 0 Å². The second-order valence-electron chi connectivity index (χ2n) is 8.89. The van der Waals surface area contributed by atoms with E-state index in [1.165, 1.54) is 24.5 Å². The lowest BCUT2D eigenvalue weighted by molar-refractivity contribution is -0.138. The van der Waals surface area contributed by atoms with Crippen LogP contribution in [-0.4, -0.2) is 21.0 Å². The molecular weight excluding hydrogens is 488 g/mol. The summed E-state index contributed by atoms with van der Waals surface area (Å²) < 4.78 is 56.8. The fraction of sp³-hybridized carbons (Fsp3) is 0.222. The smallest absolute Gasteiger partial charge is 0.418 e. The Morgan fingerprint density at radius 1 is 1.08 bits per heavy atom. The predicted molar refractivity (Wildman–Crippen MR) is 130 cm³/mol. The number of allylic oxidation sites excluding steroid dienone is 1. The maximum Gasteiger partial charge on any atom is 0.418 e. The molecule has 3 heterocycles. The number of anilines is 1. The molecule has 5 rings (SSSR count). The number of carboxylic acid groups (broad SMARTS) is 1. The van der Waals surface area contributed by atoms with Crippen LogP contribution in [0.3, 0.4) is 0 Å². The second kappa shape index (κ2) is 9.78. The SMILES string of the molecule is O=C(O)/C=C/c1ccc(/C(=C(\c2ncccc2C(F)(F)F)C2CCC2)c2ccc3c(c2)C(F)NN3)cn1. The summed E-state index contributed by atoms with van der Waals surface area (Å²) in [6, 6.07) is 10.6. The number of aliphatic carboxylic acids is 1. The van der Waals surface area contributed by atoms with Crippen LogP contribution in [0.2, 0.25) is 0 Å². The van der Waals surface area contributed by atoms with Gasteiger partial charge in [0.15, 0.2) is 6.30 Å². The lowest BCUT2D eigenvalue weighted by Crippen LogP contribution is -2.19. The number of nitrogens with zero attached hydrogens (tertiary/aromatic N) is 2. The van der Waals surface area contributed by atoms with Gasteiger partial charge in [-0.3, -0.25) is 9.97 Å². The van der Waals surface area contributed by atoms with Crippen molar-refractivity contribution in [3.8, 4) is 0 Å². The first-order valence-electron chi connectivity index (χ1n) is 11.7. The van der Waals surface area contributed by atoms with Gasteiger partial charge in [-0.05, 0) is 71.9 Å². The Kier molecular flexibility index (Phi) is 6.51. The molecule has 0 saturated heterocycles. The number of nitrogens with one attached hydrogen (secondary N) is 2. The normalized spacial score (nSPS) is 18.2. The van der Waals surface area contributed by atoms with Gasteiger partial charge in [-0.2, -0.15) is 13.2 Å². The molecule has 1 aliphatic heterocycles. The summed E-state index contributed by atoms with van der Waals surface area (Å²) in [6.07, 6.45) is 1.26. The van der Waals surface area contributed by atoms with Crippen LogP contribution in [-0.2, 0) is 11.0 Å². The van der Waals surface area contributed by atoms with Gasteiger partial charge in [0.2, 0.25) is 0 Å². The first-order chi connectivity index (χ1) is 17.7. The van der Waals surface area contributed by atoms with E-state index in [0.717, 1.165) is 18.6 Å². The Morgan fingerprint density at radius 3 is 2.51 bits per heavy atom. The van der Waals surface area contributed by atoms with Crippen molar-refractivity contribution in [3.05, 3.63) is 94.6 Å². The molecule has 1 unspecified atom stereocenters. The standard InChI is InChI=1S/C27H22F4N4O2/c28-26-19-13-16(7-10-21(19)34-35-26)23(17-6-8-18(33-14-17)9-11-22(36)37)24(15-3-1-4-15)25-20(27(29,30)31)5-2-12-32-25/h2,5-15,26,34-35H,1,3-4H2,(H,36,37)/b11-9+,24-23-. The Bertz CT molecular complexity index is 1400. The number of alkyl halides is 4. The molecule has 1 aromatic carbocycles. The van der Waals surface area contributed by atoms with Gasteiger partial charge < -0.3 is 10.5 Å². The van der Waals surface area contributed by atoms with Gasteiger partial charge in [-0.15, -0.1) is 0 Å². The lowest BCUT2D eigenvalue weighted by Gasteiger charge is -2.32. The Labute approximate surface area is 209 Å². The van der Waals surface area contributed by atoms with Crippen molar-refractivity contribution in [2.75, 3.05) is 5.43 Å². The van der Waals surface area contributed by atoms with Gasteiger partial charge in [0.25, 0.3) is 0 Å². The predicted octanol–water partition coefficient (Wildman–Crippen LogP) is 6.25. The van der Waals surface area contributed by atoms with Gasteiger partial charge in [-0.1, -0.05) is 18.6 Å². The summed E-state index contributed by atoms with van der Waals surface area (Å²) in [7, 11) is 0. The summed E-state index contributed by atoms with van der Waals surface area (Å²) >= 11 is 0. The molecule has 1 atom stereocenters. The molecule has 3 aromatic rings. The second-order valence-corrected chi connectivity index (χ2v) is 8.89. The molecule has 1 fully saturated rings. The largest absolute Gasteiger partial charge is 0.478 e. The number of carbonyl (C=O) groups is 1. The zero-order valence-corrected chi connectivity index (χ0v) is 19.4. The van der Waals surface area contributed by atoms with Crippen LogP contribution in [0.1, 0.15) is 59.2 Å². The molecule has 0 radical (unpaired) electrons. The molecule has 37 heavy (non-hydrogen) atoms. The van der Waals surface area contributed by atoms with Crippen LogP contribution in [0, 0.1) is 5.92 Å². The number of fused-ring (bicyclic) bond motifs is 1. The zero-order valence-electron chi connectivity index (χ0n) is 19.4. The van der Waals surface area contributed by atoms with Crippen molar-refractivity contribution in [2.45, 2.75) is 31.7 Å². The van der Waals surface area contributed by atoms with Crippen molar-refractivity contribution < 1.29 is 27.5 Å². The number of rotatable bonds is 6. The molecule has 0 spiro atoms. The summed E-state index contributed by atoms with van der Waals surface area (Å²) in [5.74, 6) is -1.31.